The molecule has 0 spiro atoms. The van der Waals surface area contributed by atoms with Gasteiger partial charge in [0.05, 0.1) is 6.61 Å². The van der Waals surface area contributed by atoms with Gasteiger partial charge in [0.15, 0.2) is 0 Å². The average molecular weight is 279 g/mol. The summed E-state index contributed by atoms with van der Waals surface area (Å²) in [5.41, 5.74) is 2.76. The summed E-state index contributed by atoms with van der Waals surface area (Å²) in [6.07, 6.45) is 5.57. The van der Waals surface area contributed by atoms with Crippen LogP contribution in [0.1, 0.15) is 30.9 Å². The van der Waals surface area contributed by atoms with Gasteiger partial charge in [-0.05, 0) is 30.5 Å². The van der Waals surface area contributed by atoms with Crippen LogP contribution < -0.4 is 4.74 Å². The van der Waals surface area contributed by atoms with Gasteiger partial charge in [-0.2, -0.15) is 0 Å². The minimum Gasteiger partial charge on any atom is -0.494 e. The molecule has 2 aromatic carbocycles. The quantitative estimate of drug-likeness (QED) is 0.476. The van der Waals surface area contributed by atoms with Crippen molar-refractivity contribution in [3.8, 4) is 5.75 Å². The van der Waals surface area contributed by atoms with Crippen molar-refractivity contribution in [1.29, 1.82) is 0 Å². The molecule has 2 rings (SSSR count). The number of ether oxygens (including phenoxy) is 1. The van der Waals surface area contributed by atoms with Gasteiger partial charge in [0.1, 0.15) is 13.0 Å². The van der Waals surface area contributed by atoms with E-state index in [4.69, 9.17) is 4.74 Å². The monoisotopic (exact) mass is 279 g/mol. The van der Waals surface area contributed by atoms with Gasteiger partial charge in [-0.3, -0.25) is 0 Å². The summed E-state index contributed by atoms with van der Waals surface area (Å²) in [7, 11) is 2.36. The number of benzene rings is 2. The van der Waals surface area contributed by atoms with E-state index in [2.05, 4.69) is 68.8 Å². The van der Waals surface area contributed by atoms with Gasteiger partial charge in [-0.25, -0.2) is 0 Å². The van der Waals surface area contributed by atoms with Gasteiger partial charge in [0, 0.05) is 0 Å². The maximum absolute atomic E-state index is 5.68. The van der Waals surface area contributed by atoms with Gasteiger partial charge >= 0.3 is 0 Å². The predicted molar refractivity (Wildman–Crippen MR) is 91.3 cm³/mol. The third-order valence-corrected chi connectivity index (χ3v) is 3.55. The number of aryl methyl sites for hydroxylation is 1. The van der Waals surface area contributed by atoms with E-state index < -0.39 is 0 Å². The first-order valence-corrected chi connectivity index (χ1v) is 7.96. The van der Waals surface area contributed by atoms with Crippen molar-refractivity contribution in [1.82, 2.24) is 0 Å². The number of rotatable bonds is 9. The number of hydrogen-bond acceptors (Lipinski definition) is 1. The number of hydrogen-bond donors (Lipinski definition) is 0. The summed E-state index contributed by atoms with van der Waals surface area (Å²) in [6, 6.07) is 19.1. The van der Waals surface area contributed by atoms with Crippen LogP contribution in [0.5, 0.6) is 5.75 Å². The minimum atomic E-state index is 0.820. The van der Waals surface area contributed by atoms with Gasteiger partial charge < -0.3 is 4.74 Å². The minimum absolute atomic E-state index is 0.820. The number of unbranched alkanes of at least 4 members (excludes halogenated alkanes) is 1. The van der Waals surface area contributed by atoms with E-state index in [9.17, 15) is 0 Å². The Bertz CT molecular complexity index is 493. The van der Waals surface area contributed by atoms with Crippen LogP contribution in [0.15, 0.2) is 54.6 Å². The molecule has 0 aliphatic rings. The predicted octanol–water partition coefficient (Wildman–Crippen LogP) is 4.73. The molecule has 109 valence electrons. The molecule has 0 aliphatic heterocycles. The summed E-state index contributed by atoms with van der Waals surface area (Å²) in [5.74, 6) is 0.987. The average Bonchev–Trinajstić information content (AvgIpc) is 2.54. The molecule has 0 amide bonds. The molecule has 0 saturated heterocycles. The normalized spacial score (nSPS) is 10.3. The van der Waals surface area contributed by atoms with Crippen molar-refractivity contribution in [2.75, 3.05) is 6.61 Å². The van der Waals surface area contributed by atoms with Crippen LogP contribution in [0.25, 0.3) is 0 Å². The van der Waals surface area contributed by atoms with Gasteiger partial charge in [0.2, 0.25) is 0 Å². The lowest BCUT2D eigenvalue weighted by molar-refractivity contribution is 0.309. The molecule has 0 bridgehead atoms. The standard InChI is InChI=1S/C19H24BO/c1-2-3-15-21-19-11-9-17(10-12-19)13-14-20-16-18-7-5-4-6-8-18/h4-12H,2-3,13-16H2,1H3. The smallest absolute Gasteiger partial charge is 0.119 e. The third kappa shape index (κ3) is 6.07. The van der Waals surface area contributed by atoms with Crippen LogP contribution in [0.4, 0.5) is 0 Å². The lowest BCUT2D eigenvalue weighted by Crippen LogP contribution is -1.99. The SMILES string of the molecule is CCCCOc1ccc(CC[B]Cc2ccccc2)cc1. The Morgan fingerprint density at radius 2 is 1.67 bits per heavy atom. The largest absolute Gasteiger partial charge is 0.494 e. The van der Waals surface area contributed by atoms with Gasteiger partial charge in [-0.1, -0.05) is 74.0 Å². The molecule has 2 aromatic rings. The molecule has 0 aromatic heterocycles. The summed E-state index contributed by atoms with van der Waals surface area (Å²) in [6.45, 7) is 3.00. The molecule has 2 heteroatoms. The van der Waals surface area contributed by atoms with Crippen molar-refractivity contribution in [3.63, 3.8) is 0 Å². The topological polar surface area (TPSA) is 9.23 Å². The van der Waals surface area contributed by atoms with E-state index in [1.807, 2.05) is 0 Å². The molecule has 1 radical (unpaired) electrons. The fraction of sp³-hybridized carbons (Fsp3) is 0.368. The lowest BCUT2D eigenvalue weighted by Gasteiger charge is -2.06. The second-order valence-electron chi connectivity index (χ2n) is 5.36. The van der Waals surface area contributed by atoms with Crippen molar-refractivity contribution in [2.45, 2.75) is 38.8 Å². The molecule has 0 unspecified atom stereocenters. The first-order chi connectivity index (χ1) is 10.4. The van der Waals surface area contributed by atoms with E-state index in [-0.39, 0.29) is 0 Å². The highest BCUT2D eigenvalue weighted by atomic mass is 16.5. The maximum atomic E-state index is 5.68. The van der Waals surface area contributed by atoms with Crippen molar-refractivity contribution in [2.24, 2.45) is 0 Å². The Morgan fingerprint density at radius 3 is 2.38 bits per heavy atom. The molecule has 0 N–H and O–H groups in total. The van der Waals surface area contributed by atoms with E-state index >= 15 is 0 Å². The molecular weight excluding hydrogens is 255 g/mol. The zero-order valence-electron chi connectivity index (χ0n) is 12.9. The second kappa shape index (κ2) is 9.28. The van der Waals surface area contributed by atoms with Gasteiger partial charge in [-0.15, -0.1) is 0 Å². The fourth-order valence-electron chi connectivity index (χ4n) is 2.24. The zero-order valence-corrected chi connectivity index (χ0v) is 12.9. The van der Waals surface area contributed by atoms with Gasteiger partial charge in [0.25, 0.3) is 0 Å². The molecule has 0 atom stereocenters. The Hall–Kier alpha value is -1.70. The highest BCUT2D eigenvalue weighted by Crippen LogP contribution is 2.14. The Balaban J connectivity index is 1.66. The van der Waals surface area contributed by atoms with Crippen LogP contribution in [0, 0.1) is 0 Å². The third-order valence-electron chi connectivity index (χ3n) is 3.55. The van der Waals surface area contributed by atoms with Crippen LogP contribution in [0.2, 0.25) is 6.32 Å². The van der Waals surface area contributed by atoms with Crippen LogP contribution in [0.3, 0.4) is 0 Å². The van der Waals surface area contributed by atoms with E-state index in [1.165, 1.54) is 17.5 Å². The summed E-state index contributed by atoms with van der Waals surface area (Å²) in [5, 5.41) is 0. The van der Waals surface area contributed by atoms with Crippen LogP contribution in [-0.2, 0) is 12.7 Å². The maximum Gasteiger partial charge on any atom is 0.119 e. The molecule has 1 nitrogen and oxygen atoms in total. The molecule has 0 aliphatic carbocycles. The van der Waals surface area contributed by atoms with Crippen LogP contribution >= 0.6 is 0 Å². The second-order valence-corrected chi connectivity index (χ2v) is 5.36. The Labute approximate surface area is 129 Å². The summed E-state index contributed by atoms with van der Waals surface area (Å²) < 4.78 is 5.68. The Morgan fingerprint density at radius 1 is 0.905 bits per heavy atom. The Kier molecular flexibility index (Phi) is 6.93. The highest BCUT2D eigenvalue weighted by Gasteiger charge is 1.98. The van der Waals surface area contributed by atoms with E-state index in [0.29, 0.717) is 0 Å². The van der Waals surface area contributed by atoms with E-state index in [1.54, 1.807) is 0 Å². The zero-order chi connectivity index (χ0) is 14.8. The van der Waals surface area contributed by atoms with Crippen molar-refractivity contribution in [3.05, 3.63) is 65.7 Å². The first-order valence-electron chi connectivity index (χ1n) is 7.96. The lowest BCUT2D eigenvalue weighted by atomic mass is 9.67. The van der Waals surface area contributed by atoms with Crippen molar-refractivity contribution >= 4 is 7.28 Å². The molecule has 0 fully saturated rings. The summed E-state index contributed by atoms with van der Waals surface area (Å²) >= 11 is 0. The van der Waals surface area contributed by atoms with E-state index in [0.717, 1.165) is 37.8 Å². The fourth-order valence-corrected chi connectivity index (χ4v) is 2.24. The molecule has 0 saturated carbocycles. The molecule has 0 heterocycles. The molecular formula is C19H24BO. The highest BCUT2D eigenvalue weighted by molar-refractivity contribution is 6.34. The summed E-state index contributed by atoms with van der Waals surface area (Å²) in [4.78, 5) is 0. The van der Waals surface area contributed by atoms with Crippen LogP contribution in [-0.4, -0.2) is 13.9 Å². The molecule has 21 heavy (non-hydrogen) atoms. The van der Waals surface area contributed by atoms with Crippen molar-refractivity contribution < 1.29 is 4.74 Å². The first kappa shape index (κ1) is 15.7.